The molecule has 2 amide bonds. The molecule has 0 saturated carbocycles. The van der Waals surface area contributed by atoms with Crippen LogP contribution < -0.4 is 10.6 Å². The highest BCUT2D eigenvalue weighted by Crippen LogP contribution is 2.32. The molecule has 0 aliphatic heterocycles. The molecule has 0 aliphatic rings. The molecule has 0 aliphatic carbocycles. The zero-order valence-electron chi connectivity index (χ0n) is 16.0. The molecule has 2 aromatic heterocycles. The number of anilines is 2. The fourth-order valence-corrected chi connectivity index (χ4v) is 2.88. The Morgan fingerprint density at radius 1 is 0.935 bits per heavy atom. The van der Waals surface area contributed by atoms with E-state index in [0.29, 0.717) is 22.6 Å². The number of hydrogen-bond donors (Lipinski definition) is 2. The van der Waals surface area contributed by atoms with Crippen LogP contribution in [-0.4, -0.2) is 16.2 Å². The molecule has 10 heteroatoms. The molecule has 7 nitrogen and oxygen atoms in total. The largest absolute Gasteiger partial charge is 0.459 e. The van der Waals surface area contributed by atoms with Crippen molar-refractivity contribution in [3.05, 3.63) is 72.0 Å². The van der Waals surface area contributed by atoms with Gasteiger partial charge in [-0.25, -0.2) is 4.79 Å². The van der Waals surface area contributed by atoms with E-state index in [1.54, 1.807) is 36.4 Å². The van der Waals surface area contributed by atoms with Crippen molar-refractivity contribution in [3.8, 4) is 23.1 Å². The van der Waals surface area contributed by atoms with Crippen molar-refractivity contribution in [2.75, 3.05) is 10.6 Å². The van der Waals surface area contributed by atoms with E-state index in [9.17, 15) is 18.0 Å². The van der Waals surface area contributed by atoms with Crippen LogP contribution in [0.1, 0.15) is 11.1 Å². The molecule has 158 valence electrons. The maximum Gasteiger partial charge on any atom is 0.416 e. The molecule has 31 heavy (non-hydrogen) atoms. The van der Waals surface area contributed by atoms with Crippen LogP contribution in [0.4, 0.5) is 29.3 Å². The van der Waals surface area contributed by atoms with Crippen molar-refractivity contribution >= 4 is 17.4 Å². The number of aromatic nitrogens is 2. The number of hydrogen-bond acceptors (Lipinski definition) is 5. The van der Waals surface area contributed by atoms with E-state index in [4.69, 9.17) is 8.83 Å². The van der Waals surface area contributed by atoms with E-state index < -0.39 is 17.8 Å². The van der Waals surface area contributed by atoms with Gasteiger partial charge < -0.3 is 19.5 Å². The molecule has 0 unspecified atom stereocenters. The van der Waals surface area contributed by atoms with Gasteiger partial charge in [-0.1, -0.05) is 6.07 Å². The highest BCUT2D eigenvalue weighted by molar-refractivity contribution is 6.00. The van der Waals surface area contributed by atoms with E-state index in [1.807, 2.05) is 0 Å². The van der Waals surface area contributed by atoms with Crippen LogP contribution in [0.2, 0.25) is 0 Å². The smallest absolute Gasteiger partial charge is 0.416 e. The summed E-state index contributed by atoms with van der Waals surface area (Å²) in [5.41, 5.74) is 0.486. The van der Waals surface area contributed by atoms with Crippen LogP contribution in [-0.2, 0) is 6.18 Å². The summed E-state index contributed by atoms with van der Waals surface area (Å²) < 4.78 is 49.7. The summed E-state index contributed by atoms with van der Waals surface area (Å²) in [6.45, 7) is 1.52. The molecule has 2 heterocycles. The maximum atomic E-state index is 13.0. The quantitative estimate of drug-likeness (QED) is 0.418. The van der Waals surface area contributed by atoms with Crippen molar-refractivity contribution in [3.63, 3.8) is 0 Å². The van der Waals surface area contributed by atoms with E-state index in [0.717, 1.165) is 12.1 Å². The normalized spacial score (nSPS) is 11.4. The average Bonchev–Trinajstić information content (AvgIpc) is 3.39. The van der Waals surface area contributed by atoms with Crippen molar-refractivity contribution < 1.29 is 26.8 Å². The minimum absolute atomic E-state index is 0.0287. The first-order valence-electron chi connectivity index (χ1n) is 9.03. The monoisotopic (exact) mass is 428 g/mol. The number of nitrogens with one attached hydrogen (secondary N) is 2. The SMILES string of the molecule is Cc1cc(NC(=O)Nc2cccc(-c3nnc(-c4ccco4)o3)c2)cc(C(F)(F)F)c1. The third-order valence-corrected chi connectivity index (χ3v) is 4.19. The van der Waals surface area contributed by atoms with Crippen LogP contribution in [0, 0.1) is 6.92 Å². The fraction of sp³-hybridized carbons (Fsp3) is 0.0952. The van der Waals surface area contributed by atoms with Gasteiger partial charge in [-0.2, -0.15) is 13.2 Å². The number of nitrogens with zero attached hydrogens (tertiary/aromatic N) is 2. The van der Waals surface area contributed by atoms with Gasteiger partial charge in [0, 0.05) is 16.9 Å². The van der Waals surface area contributed by atoms with Crippen molar-refractivity contribution in [2.45, 2.75) is 13.1 Å². The van der Waals surface area contributed by atoms with Crippen molar-refractivity contribution in [2.24, 2.45) is 0 Å². The lowest BCUT2D eigenvalue weighted by Gasteiger charge is -2.12. The second kappa shape index (κ2) is 7.98. The first-order chi connectivity index (χ1) is 14.8. The Morgan fingerprint density at radius 2 is 1.71 bits per heavy atom. The standard InChI is InChI=1S/C21H15F3N4O3/c1-12-8-14(21(22,23)24)11-16(9-12)26-20(29)25-15-5-2-4-13(10-15)18-27-28-19(31-18)17-6-3-7-30-17/h2-11H,1H3,(H2,25,26,29). The number of alkyl halides is 3. The third-order valence-electron chi connectivity index (χ3n) is 4.19. The predicted octanol–water partition coefficient (Wildman–Crippen LogP) is 5.97. The molecule has 0 spiro atoms. The van der Waals surface area contributed by atoms with Gasteiger partial charge in [0.05, 0.1) is 11.8 Å². The highest BCUT2D eigenvalue weighted by atomic mass is 19.4. The second-order valence-corrected chi connectivity index (χ2v) is 6.64. The molecule has 2 N–H and O–H groups in total. The highest BCUT2D eigenvalue weighted by Gasteiger charge is 2.31. The van der Waals surface area contributed by atoms with Gasteiger partial charge in [0.25, 0.3) is 5.89 Å². The third kappa shape index (κ3) is 4.74. The average molecular weight is 428 g/mol. The number of aryl methyl sites for hydroxylation is 1. The number of rotatable bonds is 4. The molecule has 4 aromatic rings. The molecule has 0 atom stereocenters. The molecule has 0 radical (unpaired) electrons. The zero-order valence-corrected chi connectivity index (χ0v) is 16.0. The maximum absolute atomic E-state index is 13.0. The zero-order chi connectivity index (χ0) is 22.0. The minimum atomic E-state index is -4.51. The predicted molar refractivity (Wildman–Crippen MR) is 106 cm³/mol. The van der Waals surface area contributed by atoms with Gasteiger partial charge in [-0.15, -0.1) is 10.2 Å². The lowest BCUT2D eigenvalue weighted by Crippen LogP contribution is -2.20. The number of carbonyl (C=O) groups excluding carboxylic acids is 1. The minimum Gasteiger partial charge on any atom is -0.459 e. The fourth-order valence-electron chi connectivity index (χ4n) is 2.88. The van der Waals surface area contributed by atoms with Gasteiger partial charge in [0.1, 0.15) is 0 Å². The molecule has 4 rings (SSSR count). The van der Waals surface area contributed by atoms with Crippen LogP contribution >= 0.6 is 0 Å². The number of halogens is 3. The Labute approximate surface area is 173 Å². The molecule has 2 aromatic carbocycles. The molecular weight excluding hydrogens is 413 g/mol. The summed E-state index contributed by atoms with van der Waals surface area (Å²) in [6.07, 6.45) is -3.03. The van der Waals surface area contributed by atoms with Crippen LogP contribution in [0.3, 0.4) is 0 Å². The Bertz CT molecular complexity index is 1220. The lowest BCUT2D eigenvalue weighted by atomic mass is 10.1. The Kier molecular flexibility index (Phi) is 5.20. The van der Waals surface area contributed by atoms with Gasteiger partial charge >= 0.3 is 12.2 Å². The summed E-state index contributed by atoms with van der Waals surface area (Å²) in [5.74, 6) is 0.837. The molecule has 0 saturated heterocycles. The topological polar surface area (TPSA) is 93.2 Å². The van der Waals surface area contributed by atoms with Crippen LogP contribution in [0.5, 0.6) is 0 Å². The van der Waals surface area contributed by atoms with Gasteiger partial charge in [-0.05, 0) is 61.0 Å². The molecule has 0 fully saturated rings. The summed E-state index contributed by atoms with van der Waals surface area (Å²) in [7, 11) is 0. The van der Waals surface area contributed by atoms with E-state index in [1.165, 1.54) is 19.3 Å². The van der Waals surface area contributed by atoms with Gasteiger partial charge in [0.2, 0.25) is 5.89 Å². The number of carbonyl (C=O) groups is 1. The van der Waals surface area contributed by atoms with Crippen LogP contribution in [0.15, 0.2) is 69.7 Å². The van der Waals surface area contributed by atoms with E-state index in [2.05, 4.69) is 20.8 Å². The summed E-state index contributed by atoms with van der Waals surface area (Å²) >= 11 is 0. The Hall–Kier alpha value is -4.08. The Morgan fingerprint density at radius 3 is 2.45 bits per heavy atom. The second-order valence-electron chi connectivity index (χ2n) is 6.64. The number of urea groups is 1. The van der Waals surface area contributed by atoms with Gasteiger partial charge in [-0.3, -0.25) is 0 Å². The first kappa shape index (κ1) is 20.2. The van der Waals surface area contributed by atoms with Gasteiger partial charge in [0.15, 0.2) is 5.76 Å². The molecular formula is C21H15F3N4O3. The first-order valence-corrected chi connectivity index (χ1v) is 9.03. The van der Waals surface area contributed by atoms with Crippen LogP contribution in [0.25, 0.3) is 23.1 Å². The van der Waals surface area contributed by atoms with Crippen molar-refractivity contribution in [1.82, 2.24) is 10.2 Å². The lowest BCUT2D eigenvalue weighted by molar-refractivity contribution is -0.137. The van der Waals surface area contributed by atoms with E-state index >= 15 is 0 Å². The Balaban J connectivity index is 1.48. The summed E-state index contributed by atoms with van der Waals surface area (Å²) in [6, 6.07) is 12.6. The summed E-state index contributed by atoms with van der Waals surface area (Å²) in [4.78, 5) is 12.3. The van der Waals surface area contributed by atoms with E-state index in [-0.39, 0.29) is 17.5 Å². The summed E-state index contributed by atoms with van der Waals surface area (Å²) in [5, 5.41) is 12.9. The molecule has 0 bridgehead atoms. The number of benzene rings is 2. The number of amides is 2. The number of furan rings is 1. The van der Waals surface area contributed by atoms with Crippen molar-refractivity contribution in [1.29, 1.82) is 0 Å².